The molecule has 1 amide bonds. The average molecular weight is 440 g/mol. The van der Waals surface area contributed by atoms with Crippen LogP contribution in [-0.2, 0) is 22.4 Å². The number of benzene rings is 1. The highest BCUT2D eigenvalue weighted by Crippen LogP contribution is 2.45. The number of nitrogens with zero attached hydrogens (tertiary/aromatic N) is 2. The molecule has 1 aromatic carbocycles. The molecule has 1 unspecified atom stereocenters. The van der Waals surface area contributed by atoms with Crippen LogP contribution >= 0.6 is 23.1 Å². The van der Waals surface area contributed by atoms with Crippen molar-refractivity contribution in [1.29, 1.82) is 0 Å². The molecule has 1 N–H and O–H groups in total. The Labute approximate surface area is 183 Å². The Hall–Kier alpha value is -2.71. The summed E-state index contributed by atoms with van der Waals surface area (Å²) in [7, 11) is 0. The third-order valence-corrected chi connectivity index (χ3v) is 6.99. The smallest absolute Gasteiger partial charge is 0.341 e. The normalized spacial score (nSPS) is 13.1. The number of nitrogens with one attached hydrogen (secondary N) is 1. The van der Waals surface area contributed by atoms with Crippen LogP contribution in [-0.4, -0.2) is 33.7 Å². The molecule has 2 aromatic heterocycles. The van der Waals surface area contributed by atoms with Crippen molar-refractivity contribution in [3.8, 4) is 10.4 Å². The molecule has 1 aliphatic rings. The summed E-state index contributed by atoms with van der Waals surface area (Å²) in [6.45, 7) is 3.86. The SMILES string of the molecule is CCOC(=O)c1c(NC(=O)C(C)Sc2ncccn2)sc2c1CCc1ccccc1-2. The highest BCUT2D eigenvalue weighted by molar-refractivity contribution is 8.00. The van der Waals surface area contributed by atoms with E-state index in [1.165, 1.54) is 28.7 Å². The van der Waals surface area contributed by atoms with Crippen molar-refractivity contribution in [3.05, 3.63) is 59.4 Å². The summed E-state index contributed by atoms with van der Waals surface area (Å²) in [6.07, 6.45) is 4.89. The quantitative estimate of drug-likeness (QED) is 0.343. The molecular formula is C22H21N3O3S2. The number of rotatable bonds is 6. The average Bonchev–Trinajstić information content (AvgIpc) is 3.13. The molecule has 0 saturated carbocycles. The fourth-order valence-electron chi connectivity index (χ4n) is 3.42. The van der Waals surface area contributed by atoms with Gasteiger partial charge in [0.2, 0.25) is 5.91 Å². The molecule has 30 heavy (non-hydrogen) atoms. The van der Waals surface area contributed by atoms with Gasteiger partial charge in [-0.1, -0.05) is 36.0 Å². The number of thioether (sulfide) groups is 1. The molecule has 0 fully saturated rings. The van der Waals surface area contributed by atoms with E-state index in [1.807, 2.05) is 12.1 Å². The van der Waals surface area contributed by atoms with Crippen LogP contribution in [0.15, 0.2) is 47.9 Å². The summed E-state index contributed by atoms with van der Waals surface area (Å²) in [5, 5.41) is 3.61. The molecule has 0 radical (unpaired) electrons. The van der Waals surface area contributed by atoms with Crippen molar-refractivity contribution in [3.63, 3.8) is 0 Å². The molecule has 1 aliphatic carbocycles. The van der Waals surface area contributed by atoms with Crippen molar-refractivity contribution in [1.82, 2.24) is 9.97 Å². The van der Waals surface area contributed by atoms with Crippen LogP contribution in [0.1, 0.15) is 35.3 Å². The van der Waals surface area contributed by atoms with Crippen LogP contribution in [0.2, 0.25) is 0 Å². The van der Waals surface area contributed by atoms with Gasteiger partial charge < -0.3 is 10.1 Å². The molecule has 0 aliphatic heterocycles. The van der Waals surface area contributed by atoms with Gasteiger partial charge in [-0.2, -0.15) is 0 Å². The second-order valence-corrected chi connectivity index (χ2v) is 9.10. The third kappa shape index (κ3) is 4.11. The van der Waals surface area contributed by atoms with E-state index < -0.39 is 11.2 Å². The van der Waals surface area contributed by atoms with Gasteiger partial charge in [-0.05, 0) is 49.4 Å². The van der Waals surface area contributed by atoms with Crippen LogP contribution in [0.3, 0.4) is 0 Å². The second-order valence-electron chi connectivity index (χ2n) is 6.77. The lowest BCUT2D eigenvalue weighted by Gasteiger charge is -2.16. The number of ether oxygens (including phenoxy) is 1. The van der Waals surface area contributed by atoms with Gasteiger partial charge in [-0.25, -0.2) is 14.8 Å². The molecule has 6 nitrogen and oxygen atoms in total. The Morgan fingerprint density at radius 3 is 2.73 bits per heavy atom. The van der Waals surface area contributed by atoms with Gasteiger partial charge in [0.15, 0.2) is 5.16 Å². The van der Waals surface area contributed by atoms with Gasteiger partial charge >= 0.3 is 5.97 Å². The maximum Gasteiger partial charge on any atom is 0.341 e. The molecule has 1 atom stereocenters. The predicted octanol–water partition coefficient (Wildman–Crippen LogP) is 4.60. The van der Waals surface area contributed by atoms with E-state index in [2.05, 4.69) is 27.4 Å². The van der Waals surface area contributed by atoms with E-state index in [1.54, 1.807) is 32.3 Å². The fraction of sp³-hybridized carbons (Fsp3) is 0.273. The summed E-state index contributed by atoms with van der Waals surface area (Å²) in [6, 6.07) is 9.92. The minimum absolute atomic E-state index is 0.204. The van der Waals surface area contributed by atoms with Gasteiger partial charge in [0.05, 0.1) is 17.4 Å². The molecular weight excluding hydrogens is 418 g/mol. The number of thiophene rings is 1. The van der Waals surface area contributed by atoms with E-state index in [0.717, 1.165) is 28.8 Å². The van der Waals surface area contributed by atoms with Crippen LogP contribution in [0.5, 0.6) is 0 Å². The number of hydrogen-bond acceptors (Lipinski definition) is 7. The predicted molar refractivity (Wildman–Crippen MR) is 119 cm³/mol. The number of fused-ring (bicyclic) bond motifs is 3. The van der Waals surface area contributed by atoms with Gasteiger partial charge in [0.25, 0.3) is 0 Å². The first-order valence-corrected chi connectivity index (χ1v) is 11.4. The monoisotopic (exact) mass is 439 g/mol. The maximum atomic E-state index is 12.9. The number of aryl methyl sites for hydroxylation is 1. The summed E-state index contributed by atoms with van der Waals surface area (Å²) in [5.74, 6) is -0.596. The second kappa shape index (κ2) is 8.97. The molecule has 0 saturated heterocycles. The molecule has 0 bridgehead atoms. The number of aromatic nitrogens is 2. The molecule has 4 rings (SSSR count). The van der Waals surface area contributed by atoms with Crippen molar-refractivity contribution in [2.75, 3.05) is 11.9 Å². The first-order chi connectivity index (χ1) is 14.6. The largest absolute Gasteiger partial charge is 0.462 e. The fourth-order valence-corrected chi connectivity index (χ4v) is 5.45. The Bertz CT molecular complexity index is 1080. The van der Waals surface area contributed by atoms with E-state index in [-0.39, 0.29) is 12.5 Å². The van der Waals surface area contributed by atoms with Gasteiger partial charge in [0, 0.05) is 17.3 Å². The Morgan fingerprint density at radius 2 is 1.97 bits per heavy atom. The van der Waals surface area contributed by atoms with Crippen LogP contribution in [0.4, 0.5) is 5.00 Å². The van der Waals surface area contributed by atoms with Crippen molar-refractivity contribution in [2.24, 2.45) is 0 Å². The summed E-state index contributed by atoms with van der Waals surface area (Å²) in [5.41, 5.74) is 3.81. The van der Waals surface area contributed by atoms with Crippen LogP contribution < -0.4 is 5.32 Å². The lowest BCUT2D eigenvalue weighted by Crippen LogP contribution is -2.23. The Morgan fingerprint density at radius 1 is 1.20 bits per heavy atom. The van der Waals surface area contributed by atoms with Crippen LogP contribution in [0, 0.1) is 0 Å². The topological polar surface area (TPSA) is 81.2 Å². The lowest BCUT2D eigenvalue weighted by molar-refractivity contribution is -0.115. The number of esters is 1. The molecule has 2 heterocycles. The van der Waals surface area contributed by atoms with Crippen LogP contribution in [0.25, 0.3) is 10.4 Å². The minimum atomic E-state index is -0.422. The number of carbonyl (C=O) groups excluding carboxylic acids is 2. The Balaban J connectivity index is 1.65. The van der Waals surface area contributed by atoms with Gasteiger partial charge in [-0.15, -0.1) is 11.3 Å². The van der Waals surface area contributed by atoms with Crippen molar-refractivity contribution >= 4 is 40.0 Å². The first-order valence-electron chi connectivity index (χ1n) is 9.74. The van der Waals surface area contributed by atoms with Gasteiger partial charge in [-0.3, -0.25) is 4.79 Å². The van der Waals surface area contributed by atoms with Gasteiger partial charge in [0.1, 0.15) is 5.00 Å². The highest BCUT2D eigenvalue weighted by Gasteiger charge is 2.30. The van der Waals surface area contributed by atoms with Crippen molar-refractivity contribution in [2.45, 2.75) is 37.1 Å². The zero-order chi connectivity index (χ0) is 21.1. The van der Waals surface area contributed by atoms with E-state index in [0.29, 0.717) is 15.7 Å². The number of carbonyl (C=O) groups is 2. The minimum Gasteiger partial charge on any atom is -0.462 e. The molecule has 8 heteroatoms. The van der Waals surface area contributed by atoms with E-state index in [4.69, 9.17) is 4.74 Å². The standard InChI is InChI=1S/C22H21N3O3S2/c1-3-28-21(27)17-16-10-9-14-7-4-5-8-15(14)18(16)30-20(17)25-19(26)13(2)29-22-23-11-6-12-24-22/h4-8,11-13H,3,9-10H2,1-2H3,(H,25,26). The number of hydrogen-bond donors (Lipinski definition) is 1. The summed E-state index contributed by atoms with van der Waals surface area (Å²) >= 11 is 2.71. The third-order valence-electron chi connectivity index (χ3n) is 4.82. The molecule has 0 spiro atoms. The first kappa shape index (κ1) is 20.6. The summed E-state index contributed by atoms with van der Waals surface area (Å²) < 4.78 is 5.31. The van der Waals surface area contributed by atoms with E-state index in [9.17, 15) is 9.59 Å². The maximum absolute atomic E-state index is 12.9. The summed E-state index contributed by atoms with van der Waals surface area (Å²) in [4.78, 5) is 35.0. The van der Waals surface area contributed by atoms with E-state index >= 15 is 0 Å². The highest BCUT2D eigenvalue weighted by atomic mass is 32.2. The molecule has 154 valence electrons. The zero-order valence-corrected chi connectivity index (χ0v) is 18.3. The lowest BCUT2D eigenvalue weighted by atomic mass is 9.89. The number of anilines is 1. The zero-order valence-electron chi connectivity index (χ0n) is 16.7. The molecule has 3 aromatic rings. The number of amides is 1. The Kier molecular flexibility index (Phi) is 6.15. The van der Waals surface area contributed by atoms with Crippen molar-refractivity contribution < 1.29 is 14.3 Å².